The molecule has 1 fully saturated rings. The van der Waals surface area contributed by atoms with Crippen LogP contribution in [0.3, 0.4) is 0 Å². The van der Waals surface area contributed by atoms with Gasteiger partial charge in [0.25, 0.3) is 0 Å². The number of hydrogen-bond acceptors (Lipinski definition) is 7. The van der Waals surface area contributed by atoms with Gasteiger partial charge in [0.15, 0.2) is 0 Å². The number of amides is 1. The van der Waals surface area contributed by atoms with E-state index in [-0.39, 0.29) is 30.3 Å². The van der Waals surface area contributed by atoms with Crippen LogP contribution in [0.1, 0.15) is 29.5 Å². The first-order valence-corrected chi connectivity index (χ1v) is 13.7. The van der Waals surface area contributed by atoms with Gasteiger partial charge in [-0.2, -0.15) is 4.98 Å². The Hall–Kier alpha value is -4.93. The van der Waals surface area contributed by atoms with Gasteiger partial charge in [0.2, 0.25) is 11.9 Å². The topological polar surface area (TPSA) is 87.7 Å². The molecule has 222 valence electrons. The van der Waals surface area contributed by atoms with Gasteiger partial charge in [-0.25, -0.2) is 4.98 Å². The summed E-state index contributed by atoms with van der Waals surface area (Å²) < 4.78 is 40.9. The highest BCUT2D eigenvalue weighted by Gasteiger charge is 2.31. The van der Waals surface area contributed by atoms with Crippen molar-refractivity contribution in [2.75, 3.05) is 28.7 Å². The van der Waals surface area contributed by atoms with Crippen molar-refractivity contribution in [1.29, 1.82) is 0 Å². The Morgan fingerprint density at radius 3 is 2.30 bits per heavy atom. The van der Waals surface area contributed by atoms with E-state index in [1.807, 2.05) is 66.2 Å². The highest BCUT2D eigenvalue weighted by atomic mass is 19.4. The minimum absolute atomic E-state index is 0.0644. The van der Waals surface area contributed by atoms with Crippen molar-refractivity contribution in [3.05, 3.63) is 95.7 Å². The number of aryl methyl sites for hydroxylation is 1. The Morgan fingerprint density at radius 2 is 1.67 bits per heavy atom. The lowest BCUT2D eigenvalue weighted by Crippen LogP contribution is -2.24. The molecule has 0 saturated carbocycles. The molecule has 0 aliphatic carbocycles. The minimum Gasteiger partial charge on any atom is -0.406 e. The summed E-state index contributed by atoms with van der Waals surface area (Å²) in [5.74, 6) is 0.803. The van der Waals surface area contributed by atoms with Crippen molar-refractivity contribution in [3.8, 4) is 5.75 Å². The van der Waals surface area contributed by atoms with Gasteiger partial charge in [-0.15, -0.1) is 13.2 Å². The SMILES string of the molecule is Cc1ccc(Nc2nccc(N(C)c3ccc(CC(=O)Cc4ccc(OC(F)(F)F)cc4)cc3)n2)cc1N1CCCC1=O. The number of ketones is 1. The molecule has 2 heterocycles. The number of carbonyl (C=O) groups is 2. The van der Waals surface area contributed by atoms with Gasteiger partial charge >= 0.3 is 6.36 Å². The molecule has 0 spiro atoms. The van der Waals surface area contributed by atoms with E-state index in [4.69, 9.17) is 0 Å². The number of anilines is 5. The van der Waals surface area contributed by atoms with Crippen LogP contribution in [0.15, 0.2) is 79.0 Å². The Kier molecular flexibility index (Phi) is 8.61. The lowest BCUT2D eigenvalue weighted by Gasteiger charge is -2.20. The molecule has 11 heteroatoms. The van der Waals surface area contributed by atoms with Crippen LogP contribution in [0.5, 0.6) is 5.75 Å². The second kappa shape index (κ2) is 12.5. The number of carbonyl (C=O) groups excluding carboxylic acids is 2. The molecule has 5 rings (SSSR count). The number of halogens is 3. The number of alkyl halides is 3. The number of hydrogen-bond donors (Lipinski definition) is 1. The van der Waals surface area contributed by atoms with E-state index in [2.05, 4.69) is 20.0 Å². The van der Waals surface area contributed by atoms with Crippen molar-refractivity contribution >= 4 is 40.5 Å². The molecule has 43 heavy (non-hydrogen) atoms. The lowest BCUT2D eigenvalue weighted by atomic mass is 10.0. The summed E-state index contributed by atoms with van der Waals surface area (Å²) in [5.41, 5.74) is 4.96. The number of nitrogens with zero attached hydrogens (tertiary/aromatic N) is 4. The summed E-state index contributed by atoms with van der Waals surface area (Å²) in [6, 6.07) is 20.4. The van der Waals surface area contributed by atoms with E-state index in [1.54, 1.807) is 12.3 Å². The maximum atomic E-state index is 12.6. The molecule has 1 N–H and O–H groups in total. The zero-order chi connectivity index (χ0) is 30.6. The van der Waals surface area contributed by atoms with Gasteiger partial charge in [-0.3, -0.25) is 9.59 Å². The first kappa shape index (κ1) is 29.6. The molecule has 1 saturated heterocycles. The van der Waals surface area contributed by atoms with E-state index >= 15 is 0 Å². The molecule has 4 aromatic rings. The molecule has 0 radical (unpaired) electrons. The monoisotopic (exact) mass is 589 g/mol. The summed E-state index contributed by atoms with van der Waals surface area (Å²) in [7, 11) is 1.88. The molecular weight excluding hydrogens is 559 g/mol. The van der Waals surface area contributed by atoms with Crippen molar-refractivity contribution in [3.63, 3.8) is 0 Å². The van der Waals surface area contributed by atoms with Gasteiger partial charge in [0, 0.05) is 56.1 Å². The average Bonchev–Trinajstić information content (AvgIpc) is 3.40. The standard InChI is InChI=1S/C32H30F3N5O3/c1-21-5-10-24(20-28(21)40-17-3-4-30(40)42)37-31-36-16-15-29(38-31)39(2)25-11-6-22(7-12-25)18-26(41)19-23-8-13-27(14-9-23)43-32(33,34)35/h5-16,20H,3-4,17-19H2,1-2H3,(H,36,37,38). The molecular formula is C32H30F3N5O3. The smallest absolute Gasteiger partial charge is 0.406 e. The molecule has 3 aromatic carbocycles. The maximum absolute atomic E-state index is 12.6. The number of benzene rings is 3. The third-order valence-electron chi connectivity index (χ3n) is 7.10. The Balaban J connectivity index is 1.20. The van der Waals surface area contributed by atoms with Gasteiger partial charge in [0.05, 0.1) is 0 Å². The van der Waals surface area contributed by atoms with E-state index in [0.29, 0.717) is 30.3 Å². The normalized spacial score (nSPS) is 13.2. The van der Waals surface area contributed by atoms with Crippen molar-refractivity contribution in [2.24, 2.45) is 0 Å². The summed E-state index contributed by atoms with van der Waals surface area (Å²) in [4.78, 5) is 37.6. The molecule has 8 nitrogen and oxygen atoms in total. The highest BCUT2D eigenvalue weighted by molar-refractivity contribution is 5.96. The van der Waals surface area contributed by atoms with Crippen LogP contribution in [0.4, 0.5) is 42.0 Å². The third kappa shape index (κ3) is 7.68. The summed E-state index contributed by atoms with van der Waals surface area (Å²) >= 11 is 0. The number of nitrogens with one attached hydrogen (secondary N) is 1. The maximum Gasteiger partial charge on any atom is 0.573 e. The van der Waals surface area contributed by atoms with Gasteiger partial charge in [-0.1, -0.05) is 30.3 Å². The number of ether oxygens (including phenoxy) is 1. The van der Waals surface area contributed by atoms with Gasteiger partial charge in [-0.05, 0) is 72.5 Å². The summed E-state index contributed by atoms with van der Waals surface area (Å²) in [6.07, 6.45) is -1.39. The van der Waals surface area contributed by atoms with Crippen molar-refractivity contribution in [2.45, 2.75) is 39.0 Å². The molecule has 0 atom stereocenters. The highest BCUT2D eigenvalue weighted by Crippen LogP contribution is 2.30. The predicted molar refractivity (Wildman–Crippen MR) is 158 cm³/mol. The van der Waals surface area contributed by atoms with Crippen LogP contribution in [0.2, 0.25) is 0 Å². The average molecular weight is 590 g/mol. The van der Waals surface area contributed by atoms with E-state index in [1.165, 1.54) is 24.3 Å². The fourth-order valence-corrected chi connectivity index (χ4v) is 4.90. The molecule has 1 aliphatic heterocycles. The van der Waals surface area contributed by atoms with Crippen molar-refractivity contribution in [1.82, 2.24) is 9.97 Å². The van der Waals surface area contributed by atoms with Gasteiger partial charge < -0.3 is 19.9 Å². The van der Waals surface area contributed by atoms with Crippen LogP contribution in [-0.4, -0.2) is 41.6 Å². The van der Waals surface area contributed by atoms with E-state index in [9.17, 15) is 22.8 Å². The molecule has 1 aliphatic rings. The largest absolute Gasteiger partial charge is 0.573 e. The van der Waals surface area contributed by atoms with Crippen LogP contribution < -0.4 is 19.9 Å². The summed E-state index contributed by atoms with van der Waals surface area (Å²) in [6.45, 7) is 2.70. The van der Waals surface area contributed by atoms with Crippen LogP contribution in [0, 0.1) is 6.92 Å². The predicted octanol–water partition coefficient (Wildman–Crippen LogP) is 6.68. The number of Topliss-reactive ketones (excluding diaryl/α,β-unsaturated/α-hetero) is 1. The fraction of sp³-hybridized carbons (Fsp3) is 0.250. The zero-order valence-corrected chi connectivity index (χ0v) is 23.7. The Morgan fingerprint density at radius 1 is 1.00 bits per heavy atom. The van der Waals surface area contributed by atoms with E-state index < -0.39 is 6.36 Å². The second-order valence-corrected chi connectivity index (χ2v) is 10.3. The minimum atomic E-state index is -4.76. The van der Waals surface area contributed by atoms with Crippen LogP contribution in [-0.2, 0) is 22.4 Å². The molecule has 1 aromatic heterocycles. The fourth-order valence-electron chi connectivity index (χ4n) is 4.90. The first-order valence-electron chi connectivity index (χ1n) is 13.7. The van der Waals surface area contributed by atoms with Crippen molar-refractivity contribution < 1.29 is 27.5 Å². The first-order chi connectivity index (χ1) is 20.5. The number of rotatable bonds is 10. The summed E-state index contributed by atoms with van der Waals surface area (Å²) in [5, 5.41) is 3.24. The quantitative estimate of drug-likeness (QED) is 0.221. The van der Waals surface area contributed by atoms with E-state index in [0.717, 1.165) is 34.6 Å². The Labute approximate surface area is 247 Å². The van der Waals surface area contributed by atoms with Gasteiger partial charge in [0.1, 0.15) is 17.4 Å². The number of aromatic nitrogens is 2. The Bertz CT molecular complexity index is 1610. The molecule has 0 bridgehead atoms. The zero-order valence-electron chi connectivity index (χ0n) is 23.7. The third-order valence-corrected chi connectivity index (χ3v) is 7.10. The molecule has 0 unspecified atom stereocenters. The van der Waals surface area contributed by atoms with Crippen LogP contribution >= 0.6 is 0 Å². The van der Waals surface area contributed by atoms with Crippen LogP contribution in [0.25, 0.3) is 0 Å². The molecule has 1 amide bonds. The second-order valence-electron chi connectivity index (χ2n) is 10.3. The lowest BCUT2D eigenvalue weighted by molar-refractivity contribution is -0.274.